The standard InChI is InChI=1S/C32H33ClFN7O2/c1-6-24(42)39-11-12-40(18(5)15-39)31-19-13-21(33)26-25-20(23(35)8-7-22(25)34)14-37-28(26)30(19)41(32(43)38-31)29-17(4)9-10-36-27(29)16(2)3/h6-10,13,16,18,37H,1,11-12,14-15,35H2,2-5H3/t18-/m0/s1. The Hall–Kier alpha value is -4.44. The van der Waals surface area contributed by atoms with Crippen molar-refractivity contribution in [2.75, 3.05) is 35.6 Å². The van der Waals surface area contributed by atoms with Gasteiger partial charge in [0.15, 0.2) is 0 Å². The number of aromatic nitrogens is 3. The minimum atomic E-state index is -0.498. The third-order valence-corrected chi connectivity index (χ3v) is 8.71. The van der Waals surface area contributed by atoms with Gasteiger partial charge in [0, 0.05) is 66.2 Å². The van der Waals surface area contributed by atoms with E-state index in [4.69, 9.17) is 17.3 Å². The van der Waals surface area contributed by atoms with Crippen molar-refractivity contribution in [1.82, 2.24) is 19.4 Å². The number of pyridine rings is 1. The van der Waals surface area contributed by atoms with Gasteiger partial charge in [-0.3, -0.25) is 14.3 Å². The molecular formula is C32H33ClFN7O2. The number of nitrogens with zero attached hydrogens (tertiary/aromatic N) is 5. The molecule has 43 heavy (non-hydrogen) atoms. The fourth-order valence-corrected chi connectivity index (χ4v) is 6.64. The molecule has 0 aliphatic carbocycles. The molecule has 1 fully saturated rings. The number of halogens is 2. The first-order chi connectivity index (χ1) is 20.5. The lowest BCUT2D eigenvalue weighted by atomic mass is 9.91. The van der Waals surface area contributed by atoms with Crippen LogP contribution in [0.25, 0.3) is 27.7 Å². The molecular weight excluding hydrogens is 569 g/mol. The summed E-state index contributed by atoms with van der Waals surface area (Å²) < 4.78 is 17.1. The van der Waals surface area contributed by atoms with Gasteiger partial charge in [-0.1, -0.05) is 32.0 Å². The minimum absolute atomic E-state index is 0.000998. The number of nitrogen functional groups attached to an aromatic ring is 1. The molecule has 1 amide bonds. The fraction of sp³-hybridized carbons (Fsp3) is 0.312. The molecule has 0 spiro atoms. The van der Waals surface area contributed by atoms with E-state index in [-0.39, 0.29) is 24.4 Å². The van der Waals surface area contributed by atoms with Gasteiger partial charge < -0.3 is 20.9 Å². The van der Waals surface area contributed by atoms with E-state index in [0.717, 1.165) is 11.3 Å². The number of amides is 1. The summed E-state index contributed by atoms with van der Waals surface area (Å²) in [6, 6.07) is 6.33. The molecule has 0 radical (unpaired) electrons. The van der Waals surface area contributed by atoms with E-state index in [2.05, 4.69) is 21.9 Å². The maximum absolute atomic E-state index is 15.5. The van der Waals surface area contributed by atoms with Crippen LogP contribution in [-0.4, -0.2) is 51.0 Å². The van der Waals surface area contributed by atoms with E-state index in [0.29, 0.717) is 75.1 Å². The number of nitrogens with one attached hydrogen (secondary N) is 1. The molecule has 0 unspecified atom stereocenters. The van der Waals surface area contributed by atoms with Crippen LogP contribution < -0.4 is 21.6 Å². The normalized spacial score (nSPS) is 16.2. The third kappa shape index (κ3) is 4.52. The molecule has 1 atom stereocenters. The number of carbonyl (C=O) groups is 1. The summed E-state index contributed by atoms with van der Waals surface area (Å²) in [5.41, 5.74) is 10.8. The molecule has 2 aliphatic rings. The molecule has 0 bridgehead atoms. The van der Waals surface area contributed by atoms with Crippen molar-refractivity contribution in [2.24, 2.45) is 0 Å². The number of carbonyl (C=O) groups excluding carboxylic acids is 1. The molecule has 4 heterocycles. The number of piperazine rings is 1. The summed E-state index contributed by atoms with van der Waals surface area (Å²) in [6.45, 7) is 13.1. The summed E-state index contributed by atoms with van der Waals surface area (Å²) in [5.74, 6) is -0.142. The minimum Gasteiger partial charge on any atom is -0.398 e. The first-order valence-electron chi connectivity index (χ1n) is 14.3. The summed E-state index contributed by atoms with van der Waals surface area (Å²) >= 11 is 7.00. The number of rotatable bonds is 4. The predicted molar refractivity (Wildman–Crippen MR) is 170 cm³/mol. The number of anilines is 3. The van der Waals surface area contributed by atoms with Gasteiger partial charge in [-0.2, -0.15) is 4.98 Å². The fourth-order valence-electron chi connectivity index (χ4n) is 6.34. The molecule has 0 saturated carbocycles. The van der Waals surface area contributed by atoms with Gasteiger partial charge in [0.2, 0.25) is 5.91 Å². The Morgan fingerprint density at radius 1 is 1.26 bits per heavy atom. The van der Waals surface area contributed by atoms with Crippen molar-refractivity contribution in [1.29, 1.82) is 0 Å². The van der Waals surface area contributed by atoms with Gasteiger partial charge in [-0.25, -0.2) is 9.18 Å². The highest BCUT2D eigenvalue weighted by Crippen LogP contribution is 2.49. The van der Waals surface area contributed by atoms with Gasteiger partial charge >= 0.3 is 5.69 Å². The molecule has 2 aromatic heterocycles. The van der Waals surface area contributed by atoms with Crippen molar-refractivity contribution in [3.8, 4) is 16.8 Å². The Morgan fingerprint density at radius 3 is 2.72 bits per heavy atom. The number of aryl methyl sites for hydroxylation is 1. The first kappa shape index (κ1) is 28.7. The van der Waals surface area contributed by atoms with E-state index in [9.17, 15) is 9.59 Å². The van der Waals surface area contributed by atoms with E-state index >= 15 is 4.39 Å². The Balaban J connectivity index is 1.71. The Morgan fingerprint density at radius 2 is 2.02 bits per heavy atom. The van der Waals surface area contributed by atoms with Crippen LogP contribution in [0.15, 0.2) is 47.9 Å². The van der Waals surface area contributed by atoms with E-state index < -0.39 is 11.5 Å². The van der Waals surface area contributed by atoms with Crippen molar-refractivity contribution < 1.29 is 9.18 Å². The quantitative estimate of drug-likeness (QED) is 0.238. The lowest BCUT2D eigenvalue weighted by molar-refractivity contribution is -0.126. The molecule has 6 rings (SSSR count). The van der Waals surface area contributed by atoms with Gasteiger partial charge in [0.1, 0.15) is 11.6 Å². The van der Waals surface area contributed by atoms with Crippen molar-refractivity contribution in [3.63, 3.8) is 0 Å². The second-order valence-electron chi connectivity index (χ2n) is 11.4. The molecule has 1 saturated heterocycles. The number of hydrogen-bond acceptors (Lipinski definition) is 7. The average molecular weight is 602 g/mol. The van der Waals surface area contributed by atoms with Crippen molar-refractivity contribution >= 4 is 45.6 Å². The van der Waals surface area contributed by atoms with Crippen LogP contribution in [0.3, 0.4) is 0 Å². The van der Waals surface area contributed by atoms with Crippen molar-refractivity contribution in [3.05, 3.63) is 81.3 Å². The Labute approximate surface area is 253 Å². The Bertz CT molecular complexity index is 1890. The number of benzene rings is 2. The molecule has 11 heteroatoms. The zero-order valence-electron chi connectivity index (χ0n) is 24.5. The molecule has 9 nitrogen and oxygen atoms in total. The Kier molecular flexibility index (Phi) is 7.12. The first-order valence-corrected chi connectivity index (χ1v) is 14.6. The molecule has 2 aliphatic heterocycles. The SMILES string of the molecule is C=CC(=O)N1CCN(c2nc(=O)n(-c3c(C)ccnc3C(C)C)c3c4c(c(Cl)cc23)-c2c(F)ccc(N)c2CN4)[C@@H](C)C1. The van der Waals surface area contributed by atoms with Crippen molar-refractivity contribution in [2.45, 2.75) is 46.2 Å². The van der Waals surface area contributed by atoms with Gasteiger partial charge in [-0.15, -0.1) is 0 Å². The average Bonchev–Trinajstić information content (AvgIpc) is 2.98. The van der Waals surface area contributed by atoms with E-state index in [1.165, 1.54) is 12.1 Å². The lowest BCUT2D eigenvalue weighted by Crippen LogP contribution is -2.54. The van der Waals surface area contributed by atoms with Gasteiger partial charge in [-0.05, 0) is 55.7 Å². The second kappa shape index (κ2) is 10.7. The second-order valence-corrected chi connectivity index (χ2v) is 11.9. The zero-order chi connectivity index (χ0) is 30.7. The number of hydrogen-bond donors (Lipinski definition) is 2. The largest absolute Gasteiger partial charge is 0.398 e. The van der Waals surface area contributed by atoms with Crippen LogP contribution in [-0.2, 0) is 11.3 Å². The van der Waals surface area contributed by atoms with Crippen LogP contribution >= 0.6 is 11.6 Å². The molecule has 4 aromatic rings. The topological polar surface area (TPSA) is 109 Å². The monoisotopic (exact) mass is 601 g/mol. The highest BCUT2D eigenvalue weighted by Gasteiger charge is 2.33. The van der Waals surface area contributed by atoms with Crippen LogP contribution in [0.5, 0.6) is 0 Å². The van der Waals surface area contributed by atoms with E-state index in [1.807, 2.05) is 38.7 Å². The number of fused-ring (bicyclic) bond motifs is 5. The van der Waals surface area contributed by atoms with Gasteiger partial charge in [0.05, 0.1) is 27.6 Å². The molecule has 2 aromatic carbocycles. The zero-order valence-corrected chi connectivity index (χ0v) is 25.3. The van der Waals surface area contributed by atoms with Crippen LogP contribution in [0.4, 0.5) is 21.6 Å². The predicted octanol–water partition coefficient (Wildman–Crippen LogP) is 5.40. The summed E-state index contributed by atoms with van der Waals surface area (Å²) in [7, 11) is 0. The summed E-state index contributed by atoms with van der Waals surface area (Å²) in [4.78, 5) is 39.7. The maximum Gasteiger partial charge on any atom is 0.354 e. The van der Waals surface area contributed by atoms with E-state index in [1.54, 1.807) is 27.8 Å². The maximum atomic E-state index is 15.5. The molecule has 3 N–H and O–H groups in total. The third-order valence-electron chi connectivity index (χ3n) is 8.41. The smallest absolute Gasteiger partial charge is 0.354 e. The highest BCUT2D eigenvalue weighted by molar-refractivity contribution is 6.36. The number of nitrogens with two attached hydrogens (primary N) is 1. The van der Waals surface area contributed by atoms with Crippen LogP contribution in [0.1, 0.15) is 43.5 Å². The van der Waals surface area contributed by atoms with Gasteiger partial charge in [0.25, 0.3) is 0 Å². The summed E-state index contributed by atoms with van der Waals surface area (Å²) in [6.07, 6.45) is 3.04. The van der Waals surface area contributed by atoms with Crippen LogP contribution in [0, 0.1) is 12.7 Å². The molecule has 222 valence electrons. The van der Waals surface area contributed by atoms with Crippen LogP contribution in [0.2, 0.25) is 5.02 Å². The lowest BCUT2D eigenvalue weighted by Gasteiger charge is -2.41. The highest BCUT2D eigenvalue weighted by atomic mass is 35.5. The summed E-state index contributed by atoms with van der Waals surface area (Å²) in [5, 5.41) is 4.35.